The number of unbranched alkanes of at least 4 members (excludes halogenated alkanes) is 1. The fourth-order valence-corrected chi connectivity index (χ4v) is 3.63. The van der Waals surface area contributed by atoms with Crippen molar-refractivity contribution in [3.8, 4) is 0 Å². The van der Waals surface area contributed by atoms with Gasteiger partial charge >= 0.3 is 0 Å². The first-order valence-corrected chi connectivity index (χ1v) is 8.79. The minimum Gasteiger partial charge on any atom is -0.351 e. The van der Waals surface area contributed by atoms with Gasteiger partial charge < -0.3 is 5.32 Å². The van der Waals surface area contributed by atoms with Gasteiger partial charge in [0.25, 0.3) is 5.91 Å². The summed E-state index contributed by atoms with van der Waals surface area (Å²) in [6, 6.07) is 12.2. The van der Waals surface area contributed by atoms with Crippen molar-refractivity contribution in [3.05, 3.63) is 52.5 Å². The topological polar surface area (TPSA) is 46.9 Å². The predicted octanol–water partition coefficient (Wildman–Crippen LogP) is 3.98. The number of hydrogen-bond donors (Lipinski definition) is 1. The number of carbonyl (C=O) groups is 1. The number of aromatic nitrogens is 2. The molecule has 0 radical (unpaired) electrons. The zero-order valence-electron chi connectivity index (χ0n) is 13.5. The molecule has 4 nitrogen and oxygen atoms in total. The first-order valence-electron chi connectivity index (χ1n) is 7.98. The molecule has 0 atom stereocenters. The first-order chi connectivity index (χ1) is 11.2. The van der Waals surface area contributed by atoms with Crippen LogP contribution in [0.4, 0.5) is 0 Å². The fraction of sp³-hybridized carbons (Fsp3) is 0.333. The molecule has 0 unspecified atom stereocenters. The quantitative estimate of drug-likeness (QED) is 0.696. The van der Waals surface area contributed by atoms with Crippen LogP contribution in [0.25, 0.3) is 10.2 Å². The monoisotopic (exact) mass is 327 g/mol. The van der Waals surface area contributed by atoms with Crippen LogP contribution in [-0.4, -0.2) is 22.2 Å². The largest absolute Gasteiger partial charge is 0.351 e. The molecule has 0 saturated carbocycles. The number of thiophene rings is 1. The lowest BCUT2D eigenvalue weighted by Crippen LogP contribution is -2.23. The molecular weight excluding hydrogens is 306 g/mol. The normalized spacial score (nSPS) is 11.0. The molecule has 1 amide bonds. The average Bonchev–Trinajstić information content (AvgIpc) is 3.11. The molecule has 0 fully saturated rings. The van der Waals surface area contributed by atoms with E-state index in [-0.39, 0.29) is 5.91 Å². The zero-order valence-corrected chi connectivity index (χ0v) is 14.3. The Labute approximate surface area is 140 Å². The van der Waals surface area contributed by atoms with E-state index in [1.165, 1.54) is 16.9 Å². The molecule has 120 valence electrons. The highest BCUT2D eigenvalue weighted by Crippen LogP contribution is 2.28. The lowest BCUT2D eigenvalue weighted by molar-refractivity contribution is 0.0957. The van der Waals surface area contributed by atoms with E-state index in [4.69, 9.17) is 0 Å². The summed E-state index contributed by atoms with van der Waals surface area (Å²) in [6.07, 6.45) is 2.09. The van der Waals surface area contributed by atoms with E-state index >= 15 is 0 Å². The Bertz CT molecular complexity index is 804. The van der Waals surface area contributed by atoms with Gasteiger partial charge in [0.1, 0.15) is 4.83 Å². The molecule has 0 aliphatic heterocycles. The third kappa shape index (κ3) is 3.45. The van der Waals surface area contributed by atoms with E-state index < -0.39 is 0 Å². The Balaban J connectivity index is 1.85. The molecule has 2 aromatic heterocycles. The molecule has 0 bridgehead atoms. The van der Waals surface area contributed by atoms with E-state index in [1.807, 2.05) is 35.9 Å². The number of nitrogens with one attached hydrogen (secondary N) is 1. The highest BCUT2D eigenvalue weighted by molar-refractivity contribution is 7.20. The second-order valence-corrected chi connectivity index (χ2v) is 6.70. The van der Waals surface area contributed by atoms with Crippen LogP contribution in [0.15, 0.2) is 36.4 Å². The molecule has 2 heterocycles. The van der Waals surface area contributed by atoms with Crippen LogP contribution in [0.2, 0.25) is 0 Å². The maximum Gasteiger partial charge on any atom is 0.261 e. The Morgan fingerprint density at radius 3 is 2.83 bits per heavy atom. The second-order valence-electron chi connectivity index (χ2n) is 5.67. The van der Waals surface area contributed by atoms with E-state index in [1.54, 1.807) is 0 Å². The number of rotatable bonds is 6. The fourth-order valence-electron chi connectivity index (χ4n) is 2.55. The van der Waals surface area contributed by atoms with Gasteiger partial charge in [0.05, 0.1) is 17.1 Å². The van der Waals surface area contributed by atoms with E-state index in [0.717, 1.165) is 46.7 Å². The number of benzene rings is 1. The summed E-state index contributed by atoms with van der Waals surface area (Å²) in [5.74, 6) is 0.0188. The summed E-state index contributed by atoms with van der Waals surface area (Å²) in [5.41, 5.74) is 2.18. The Morgan fingerprint density at radius 1 is 1.30 bits per heavy atom. The smallest absolute Gasteiger partial charge is 0.261 e. The van der Waals surface area contributed by atoms with Crippen LogP contribution in [0.1, 0.15) is 40.7 Å². The van der Waals surface area contributed by atoms with Crippen LogP contribution in [0.3, 0.4) is 0 Å². The van der Waals surface area contributed by atoms with Gasteiger partial charge in [0.2, 0.25) is 0 Å². The number of hydrogen-bond acceptors (Lipinski definition) is 3. The van der Waals surface area contributed by atoms with Gasteiger partial charge in [-0.2, -0.15) is 5.10 Å². The minimum absolute atomic E-state index is 0.0188. The molecule has 0 spiro atoms. The summed E-state index contributed by atoms with van der Waals surface area (Å²) in [6.45, 7) is 5.57. The van der Waals surface area contributed by atoms with E-state index in [2.05, 4.69) is 29.5 Å². The standard InChI is InChI=1S/C18H21N3OS/c1-3-4-10-19-17(22)16-11-15-13(2)20-21(18(15)23-16)12-14-8-6-5-7-9-14/h5-9,11H,3-4,10,12H2,1-2H3,(H,19,22). The van der Waals surface area contributed by atoms with Crippen molar-refractivity contribution in [2.24, 2.45) is 0 Å². The maximum absolute atomic E-state index is 12.2. The van der Waals surface area contributed by atoms with E-state index in [9.17, 15) is 4.79 Å². The summed E-state index contributed by atoms with van der Waals surface area (Å²) in [7, 11) is 0. The van der Waals surface area contributed by atoms with Gasteiger partial charge in [0, 0.05) is 11.9 Å². The number of nitrogens with zero attached hydrogens (tertiary/aromatic N) is 2. The number of amides is 1. The lowest BCUT2D eigenvalue weighted by Gasteiger charge is -2.03. The maximum atomic E-state index is 12.2. The van der Waals surface area contributed by atoms with Crippen LogP contribution in [0, 0.1) is 6.92 Å². The molecule has 0 saturated heterocycles. The first kappa shape index (κ1) is 15.7. The highest BCUT2D eigenvalue weighted by Gasteiger charge is 2.16. The Kier molecular flexibility index (Phi) is 4.76. The van der Waals surface area contributed by atoms with Crippen molar-refractivity contribution in [2.75, 3.05) is 6.54 Å². The lowest BCUT2D eigenvalue weighted by atomic mass is 10.2. The summed E-state index contributed by atoms with van der Waals surface area (Å²) < 4.78 is 1.99. The van der Waals surface area contributed by atoms with Crippen LogP contribution < -0.4 is 5.32 Å². The van der Waals surface area contributed by atoms with Crippen LogP contribution >= 0.6 is 11.3 Å². The molecule has 0 aliphatic rings. The van der Waals surface area contributed by atoms with Gasteiger partial charge in [-0.15, -0.1) is 11.3 Å². The van der Waals surface area contributed by atoms with Crippen LogP contribution in [0.5, 0.6) is 0 Å². The number of aryl methyl sites for hydroxylation is 1. The van der Waals surface area contributed by atoms with Crippen molar-refractivity contribution in [1.82, 2.24) is 15.1 Å². The number of carbonyl (C=O) groups excluding carboxylic acids is 1. The SMILES string of the molecule is CCCCNC(=O)c1cc2c(C)nn(Cc3ccccc3)c2s1. The Hall–Kier alpha value is -2.14. The van der Waals surface area contributed by atoms with Crippen molar-refractivity contribution in [1.29, 1.82) is 0 Å². The van der Waals surface area contributed by atoms with Gasteiger partial charge in [-0.25, -0.2) is 0 Å². The van der Waals surface area contributed by atoms with Crippen molar-refractivity contribution in [2.45, 2.75) is 33.2 Å². The molecular formula is C18H21N3OS. The van der Waals surface area contributed by atoms with Gasteiger partial charge in [0.15, 0.2) is 0 Å². The number of fused-ring (bicyclic) bond motifs is 1. The van der Waals surface area contributed by atoms with E-state index in [0.29, 0.717) is 0 Å². The third-order valence-electron chi connectivity index (χ3n) is 3.82. The predicted molar refractivity (Wildman–Crippen MR) is 95.1 cm³/mol. The average molecular weight is 327 g/mol. The molecule has 3 aromatic rings. The summed E-state index contributed by atoms with van der Waals surface area (Å²) in [5, 5.41) is 8.67. The molecule has 1 N–H and O–H groups in total. The van der Waals surface area contributed by atoms with Crippen molar-refractivity contribution in [3.63, 3.8) is 0 Å². The van der Waals surface area contributed by atoms with Gasteiger partial charge in [-0.3, -0.25) is 9.48 Å². The van der Waals surface area contributed by atoms with Crippen LogP contribution in [-0.2, 0) is 6.54 Å². The molecule has 5 heteroatoms. The van der Waals surface area contributed by atoms with Gasteiger partial charge in [-0.05, 0) is 25.0 Å². The molecule has 1 aromatic carbocycles. The molecule has 3 rings (SSSR count). The molecule has 23 heavy (non-hydrogen) atoms. The van der Waals surface area contributed by atoms with Crippen molar-refractivity contribution < 1.29 is 4.79 Å². The third-order valence-corrected chi connectivity index (χ3v) is 4.97. The molecule has 0 aliphatic carbocycles. The summed E-state index contributed by atoms with van der Waals surface area (Å²) >= 11 is 1.52. The van der Waals surface area contributed by atoms with Crippen molar-refractivity contribution >= 4 is 27.5 Å². The highest BCUT2D eigenvalue weighted by atomic mass is 32.1. The van der Waals surface area contributed by atoms with Gasteiger partial charge in [-0.1, -0.05) is 43.7 Å². The minimum atomic E-state index is 0.0188. The summed E-state index contributed by atoms with van der Waals surface area (Å²) in [4.78, 5) is 14.1. The Morgan fingerprint density at radius 2 is 2.09 bits per heavy atom. The second kappa shape index (κ2) is 6.96. The zero-order chi connectivity index (χ0) is 16.2.